The second-order valence-corrected chi connectivity index (χ2v) is 8.46. The summed E-state index contributed by atoms with van der Waals surface area (Å²) in [6.45, 7) is 0.783. The van der Waals surface area contributed by atoms with Crippen LogP contribution in [0.15, 0.2) is 78.0 Å². The van der Waals surface area contributed by atoms with Crippen molar-refractivity contribution in [2.75, 3.05) is 11.1 Å². The van der Waals surface area contributed by atoms with Crippen molar-refractivity contribution in [2.24, 2.45) is 0 Å². The molecule has 0 saturated carbocycles. The quantitative estimate of drug-likeness (QED) is 0.331. The van der Waals surface area contributed by atoms with E-state index >= 15 is 0 Å². The molecule has 0 unspecified atom stereocenters. The molecule has 30 heavy (non-hydrogen) atoms. The number of hydrogen-bond acceptors (Lipinski definition) is 3. The number of carbonyl (C=O) groups is 1. The number of halogens is 2. The van der Waals surface area contributed by atoms with Crippen LogP contribution < -0.4 is 5.32 Å². The predicted molar refractivity (Wildman–Crippen MR) is 126 cm³/mol. The minimum atomic E-state index is -0.184. The second kappa shape index (κ2) is 9.56. The number of aromatic nitrogens is 2. The van der Waals surface area contributed by atoms with Crippen LogP contribution in [-0.2, 0) is 17.8 Å². The predicted octanol–water partition coefficient (Wildman–Crippen LogP) is 6.32. The standard InChI is InChI=1S/C23H19Cl2N3OS/c24-17-9-6-10-18(25)22(17)27-21(29)15-30-23-26-19-11-4-5-12-20(19)28(23)14-13-16-7-2-1-3-8-16/h1-12H,13-15H2,(H,27,29). The lowest BCUT2D eigenvalue weighted by Crippen LogP contribution is -2.15. The number of hydrogen-bond donors (Lipinski definition) is 1. The fourth-order valence-electron chi connectivity index (χ4n) is 3.19. The van der Waals surface area contributed by atoms with Gasteiger partial charge in [0.2, 0.25) is 5.91 Å². The van der Waals surface area contributed by atoms with Crippen molar-refractivity contribution in [1.29, 1.82) is 0 Å². The third kappa shape index (κ3) is 4.81. The van der Waals surface area contributed by atoms with Gasteiger partial charge in [0.25, 0.3) is 0 Å². The lowest BCUT2D eigenvalue weighted by molar-refractivity contribution is -0.113. The molecule has 1 amide bonds. The van der Waals surface area contributed by atoms with Crippen molar-refractivity contribution in [3.05, 3.63) is 88.4 Å². The summed E-state index contributed by atoms with van der Waals surface area (Å²) >= 11 is 13.7. The zero-order valence-electron chi connectivity index (χ0n) is 16.0. The molecular weight excluding hydrogens is 437 g/mol. The van der Waals surface area contributed by atoms with Gasteiger partial charge in [-0.2, -0.15) is 0 Å². The lowest BCUT2D eigenvalue weighted by Gasteiger charge is -2.11. The highest BCUT2D eigenvalue weighted by molar-refractivity contribution is 7.99. The van der Waals surface area contributed by atoms with Gasteiger partial charge in [-0.15, -0.1) is 0 Å². The Balaban J connectivity index is 1.50. The molecule has 0 bridgehead atoms. The minimum absolute atomic E-state index is 0.184. The first-order valence-corrected chi connectivity index (χ1v) is 11.2. The summed E-state index contributed by atoms with van der Waals surface area (Å²) in [7, 11) is 0. The van der Waals surface area contributed by atoms with Gasteiger partial charge in [0.1, 0.15) is 0 Å². The SMILES string of the molecule is O=C(CSc1nc2ccccc2n1CCc1ccccc1)Nc1c(Cl)cccc1Cl. The lowest BCUT2D eigenvalue weighted by atomic mass is 10.1. The molecule has 4 aromatic rings. The Kier molecular flexibility index (Phi) is 6.62. The largest absolute Gasteiger partial charge is 0.323 e. The van der Waals surface area contributed by atoms with Gasteiger partial charge in [-0.1, -0.05) is 83.5 Å². The summed E-state index contributed by atoms with van der Waals surface area (Å²) in [6.07, 6.45) is 0.885. The molecule has 0 spiro atoms. The Morgan fingerprint density at radius 1 is 0.933 bits per heavy atom. The highest BCUT2D eigenvalue weighted by atomic mass is 35.5. The van der Waals surface area contributed by atoms with Crippen LogP contribution in [0.4, 0.5) is 5.69 Å². The van der Waals surface area contributed by atoms with Crippen molar-refractivity contribution in [3.8, 4) is 0 Å². The molecule has 3 aromatic carbocycles. The Labute approximate surface area is 189 Å². The Bertz CT molecular complexity index is 1160. The Hall–Kier alpha value is -2.47. The van der Waals surface area contributed by atoms with Gasteiger partial charge < -0.3 is 9.88 Å². The number of para-hydroxylation sites is 3. The number of nitrogens with one attached hydrogen (secondary N) is 1. The Morgan fingerprint density at radius 3 is 2.40 bits per heavy atom. The third-order valence-corrected chi connectivity index (χ3v) is 6.25. The van der Waals surface area contributed by atoms with Crippen LogP contribution in [0.2, 0.25) is 10.0 Å². The molecule has 0 fully saturated rings. The van der Waals surface area contributed by atoms with Crippen molar-refractivity contribution in [2.45, 2.75) is 18.1 Å². The van der Waals surface area contributed by atoms with Crippen LogP contribution in [0, 0.1) is 0 Å². The highest BCUT2D eigenvalue weighted by Crippen LogP contribution is 2.30. The summed E-state index contributed by atoms with van der Waals surface area (Å²) < 4.78 is 2.17. The van der Waals surface area contributed by atoms with E-state index in [1.807, 2.05) is 36.4 Å². The molecule has 0 aliphatic rings. The number of thioether (sulfide) groups is 1. The van der Waals surface area contributed by atoms with E-state index in [4.69, 9.17) is 28.2 Å². The number of benzene rings is 3. The normalized spacial score (nSPS) is 11.0. The molecule has 0 saturated heterocycles. The van der Waals surface area contributed by atoms with Gasteiger partial charge in [0.15, 0.2) is 5.16 Å². The van der Waals surface area contributed by atoms with Gasteiger partial charge in [-0.3, -0.25) is 4.79 Å². The number of anilines is 1. The maximum atomic E-state index is 12.5. The summed E-state index contributed by atoms with van der Waals surface area (Å²) in [5.41, 5.74) is 3.68. The van der Waals surface area contributed by atoms with Crippen LogP contribution in [0.5, 0.6) is 0 Å². The molecule has 0 radical (unpaired) electrons. The fourth-order valence-corrected chi connectivity index (χ4v) is 4.52. The zero-order chi connectivity index (χ0) is 20.9. The molecule has 1 aromatic heterocycles. The zero-order valence-corrected chi connectivity index (χ0v) is 18.3. The van der Waals surface area contributed by atoms with Crippen LogP contribution >= 0.6 is 35.0 Å². The first kappa shape index (κ1) is 20.8. The smallest absolute Gasteiger partial charge is 0.234 e. The maximum Gasteiger partial charge on any atom is 0.234 e. The molecule has 0 aliphatic heterocycles. The molecule has 4 rings (SSSR count). The molecule has 0 atom stereocenters. The number of rotatable bonds is 7. The first-order valence-electron chi connectivity index (χ1n) is 9.47. The van der Waals surface area contributed by atoms with E-state index in [1.165, 1.54) is 17.3 Å². The van der Waals surface area contributed by atoms with Gasteiger partial charge in [-0.05, 0) is 36.2 Å². The van der Waals surface area contributed by atoms with Crippen molar-refractivity contribution < 1.29 is 4.79 Å². The highest BCUT2D eigenvalue weighted by Gasteiger charge is 2.15. The number of fused-ring (bicyclic) bond motifs is 1. The summed E-state index contributed by atoms with van der Waals surface area (Å²) in [5, 5.41) is 4.44. The number of amides is 1. The van der Waals surface area contributed by atoms with E-state index < -0.39 is 0 Å². The van der Waals surface area contributed by atoms with E-state index in [1.54, 1.807) is 18.2 Å². The van der Waals surface area contributed by atoms with Crippen LogP contribution in [0.1, 0.15) is 5.56 Å². The fraction of sp³-hybridized carbons (Fsp3) is 0.130. The average molecular weight is 456 g/mol. The van der Waals surface area contributed by atoms with Gasteiger partial charge in [0.05, 0.1) is 32.5 Å². The van der Waals surface area contributed by atoms with Crippen LogP contribution in [-0.4, -0.2) is 21.2 Å². The molecule has 7 heteroatoms. The maximum absolute atomic E-state index is 12.5. The second-order valence-electron chi connectivity index (χ2n) is 6.70. The van der Waals surface area contributed by atoms with Gasteiger partial charge in [-0.25, -0.2) is 4.98 Å². The third-order valence-electron chi connectivity index (χ3n) is 4.65. The van der Waals surface area contributed by atoms with E-state index in [9.17, 15) is 4.79 Å². The number of imidazole rings is 1. The summed E-state index contributed by atoms with van der Waals surface area (Å²) in [6, 6.07) is 23.5. The topological polar surface area (TPSA) is 46.9 Å². The van der Waals surface area contributed by atoms with E-state index in [0.717, 1.165) is 29.2 Å². The molecule has 0 aliphatic carbocycles. The summed E-state index contributed by atoms with van der Waals surface area (Å²) in [4.78, 5) is 17.2. The van der Waals surface area contributed by atoms with E-state index in [-0.39, 0.29) is 11.7 Å². The molecule has 4 nitrogen and oxygen atoms in total. The minimum Gasteiger partial charge on any atom is -0.323 e. The van der Waals surface area contributed by atoms with Crippen LogP contribution in [0.3, 0.4) is 0 Å². The van der Waals surface area contributed by atoms with Crippen LogP contribution in [0.25, 0.3) is 11.0 Å². The summed E-state index contributed by atoms with van der Waals surface area (Å²) in [5.74, 6) is 0.0209. The van der Waals surface area contributed by atoms with Crippen molar-refractivity contribution >= 4 is 57.6 Å². The average Bonchev–Trinajstić information content (AvgIpc) is 3.12. The van der Waals surface area contributed by atoms with E-state index in [0.29, 0.717) is 15.7 Å². The molecular formula is C23H19Cl2N3OS. The van der Waals surface area contributed by atoms with Gasteiger partial charge in [0, 0.05) is 6.54 Å². The molecule has 152 valence electrons. The first-order chi connectivity index (χ1) is 14.6. The van der Waals surface area contributed by atoms with Crippen molar-refractivity contribution in [1.82, 2.24) is 9.55 Å². The van der Waals surface area contributed by atoms with Crippen molar-refractivity contribution in [3.63, 3.8) is 0 Å². The van der Waals surface area contributed by atoms with Gasteiger partial charge >= 0.3 is 0 Å². The number of aryl methyl sites for hydroxylation is 2. The number of nitrogens with zero attached hydrogens (tertiary/aromatic N) is 2. The monoisotopic (exact) mass is 455 g/mol. The number of carbonyl (C=O) groups excluding carboxylic acids is 1. The van der Waals surface area contributed by atoms with E-state index in [2.05, 4.69) is 28.1 Å². The Morgan fingerprint density at radius 2 is 1.63 bits per heavy atom. The molecule has 1 N–H and O–H groups in total. The molecule has 1 heterocycles.